The van der Waals surface area contributed by atoms with Gasteiger partial charge in [-0.15, -0.1) is 0 Å². The summed E-state index contributed by atoms with van der Waals surface area (Å²) in [7, 11) is -3.31. The zero-order valence-electron chi connectivity index (χ0n) is 9.67. The first-order chi connectivity index (χ1) is 7.51. The Bertz CT molecular complexity index is 338. The van der Waals surface area contributed by atoms with Crippen LogP contribution in [0.15, 0.2) is 0 Å². The Labute approximate surface area is 97.2 Å². The van der Waals surface area contributed by atoms with Gasteiger partial charge in [0.15, 0.2) is 0 Å². The Kier molecular flexibility index (Phi) is 3.53. The summed E-state index contributed by atoms with van der Waals surface area (Å²) in [5, 5.41) is 9.73. The smallest absolute Gasteiger partial charge is 0.282 e. The normalized spacial score (nSPS) is 34.4. The third kappa shape index (κ3) is 2.25. The number of piperidine rings is 1. The van der Waals surface area contributed by atoms with Crippen molar-refractivity contribution in [2.75, 3.05) is 26.2 Å². The number of β-amino-alcohol motifs (C(OH)–C–C–N with tert-alkyl or cyclic N) is 1. The molecule has 0 amide bonds. The van der Waals surface area contributed by atoms with Crippen LogP contribution < -0.4 is 0 Å². The van der Waals surface area contributed by atoms with Gasteiger partial charge in [0.25, 0.3) is 10.2 Å². The molecule has 1 N–H and O–H groups in total. The number of hydrogen-bond acceptors (Lipinski definition) is 3. The highest BCUT2D eigenvalue weighted by Gasteiger charge is 2.36. The Morgan fingerprint density at radius 3 is 2.31 bits per heavy atom. The highest BCUT2D eigenvalue weighted by atomic mass is 32.2. The second kappa shape index (κ2) is 4.60. The van der Waals surface area contributed by atoms with Crippen molar-refractivity contribution in [2.24, 2.45) is 5.92 Å². The van der Waals surface area contributed by atoms with Gasteiger partial charge in [-0.25, -0.2) is 0 Å². The van der Waals surface area contributed by atoms with Crippen molar-refractivity contribution in [3.05, 3.63) is 0 Å². The van der Waals surface area contributed by atoms with Gasteiger partial charge in [-0.3, -0.25) is 0 Å². The first-order valence-electron chi connectivity index (χ1n) is 5.95. The molecule has 2 aliphatic rings. The predicted molar refractivity (Wildman–Crippen MR) is 61.1 cm³/mol. The van der Waals surface area contributed by atoms with Crippen molar-refractivity contribution < 1.29 is 13.5 Å². The van der Waals surface area contributed by atoms with Gasteiger partial charge in [-0.05, 0) is 25.2 Å². The van der Waals surface area contributed by atoms with Gasteiger partial charge in [-0.1, -0.05) is 6.92 Å². The average molecular weight is 248 g/mol. The molecule has 0 aromatic carbocycles. The number of rotatable bonds is 2. The molecular formula is C10H20N2O3S. The number of nitrogens with zero attached hydrogens (tertiary/aromatic N) is 2. The van der Waals surface area contributed by atoms with E-state index in [1.807, 2.05) is 6.92 Å². The van der Waals surface area contributed by atoms with Crippen molar-refractivity contribution >= 4 is 10.2 Å². The lowest BCUT2D eigenvalue weighted by molar-refractivity contribution is 0.0584. The van der Waals surface area contributed by atoms with Crippen LogP contribution in [-0.2, 0) is 10.2 Å². The van der Waals surface area contributed by atoms with Crippen LogP contribution in [0.3, 0.4) is 0 Å². The molecule has 94 valence electrons. The van der Waals surface area contributed by atoms with E-state index in [0.29, 0.717) is 19.6 Å². The van der Waals surface area contributed by atoms with Gasteiger partial charge in [0.05, 0.1) is 6.10 Å². The van der Waals surface area contributed by atoms with Crippen LogP contribution in [0.2, 0.25) is 0 Å². The van der Waals surface area contributed by atoms with Crippen LogP contribution >= 0.6 is 0 Å². The van der Waals surface area contributed by atoms with Crippen molar-refractivity contribution in [2.45, 2.75) is 32.3 Å². The molecule has 2 unspecified atom stereocenters. The quantitative estimate of drug-likeness (QED) is 0.750. The minimum Gasteiger partial charge on any atom is -0.391 e. The summed E-state index contributed by atoms with van der Waals surface area (Å²) in [6.45, 7) is 4.01. The maximum absolute atomic E-state index is 12.2. The second-order valence-corrected chi connectivity index (χ2v) is 6.73. The van der Waals surface area contributed by atoms with Gasteiger partial charge in [0.2, 0.25) is 0 Å². The SMILES string of the molecule is CC1CCN(S(=O)(=O)N2CCCC2)CC1O. The zero-order valence-corrected chi connectivity index (χ0v) is 10.5. The van der Waals surface area contributed by atoms with E-state index in [9.17, 15) is 13.5 Å². The second-order valence-electron chi connectivity index (χ2n) is 4.81. The molecule has 0 saturated carbocycles. The molecule has 0 aromatic heterocycles. The maximum atomic E-state index is 12.2. The van der Waals surface area contributed by atoms with E-state index in [4.69, 9.17) is 0 Å². The van der Waals surface area contributed by atoms with Crippen molar-refractivity contribution in [1.29, 1.82) is 0 Å². The molecule has 6 heteroatoms. The minimum absolute atomic E-state index is 0.199. The Hall–Kier alpha value is -0.170. The molecule has 2 aliphatic heterocycles. The average Bonchev–Trinajstić information content (AvgIpc) is 2.75. The first kappa shape index (κ1) is 12.3. The number of aliphatic hydroxyl groups excluding tert-OH is 1. The predicted octanol–water partition coefficient (Wildman–Crippen LogP) is 0.0297. The van der Waals surface area contributed by atoms with Crippen molar-refractivity contribution in [1.82, 2.24) is 8.61 Å². The molecule has 2 heterocycles. The van der Waals surface area contributed by atoms with Gasteiger partial charge in [0.1, 0.15) is 0 Å². The zero-order chi connectivity index (χ0) is 11.8. The van der Waals surface area contributed by atoms with Crippen LogP contribution in [0.5, 0.6) is 0 Å². The first-order valence-corrected chi connectivity index (χ1v) is 7.35. The summed E-state index contributed by atoms with van der Waals surface area (Å²) in [5.74, 6) is 0.199. The molecule has 0 aromatic rings. The topological polar surface area (TPSA) is 60.9 Å². The maximum Gasteiger partial charge on any atom is 0.282 e. The summed E-state index contributed by atoms with van der Waals surface area (Å²) in [5.41, 5.74) is 0. The standard InChI is InChI=1S/C10H20N2O3S/c1-9-4-7-12(8-10(9)13)16(14,15)11-5-2-3-6-11/h9-10,13H,2-8H2,1H3. The van der Waals surface area contributed by atoms with Crippen LogP contribution in [0.1, 0.15) is 26.2 Å². The molecule has 16 heavy (non-hydrogen) atoms. The lowest BCUT2D eigenvalue weighted by atomic mass is 9.98. The molecule has 5 nitrogen and oxygen atoms in total. The molecule has 2 fully saturated rings. The summed E-state index contributed by atoms with van der Waals surface area (Å²) >= 11 is 0. The Balaban J connectivity index is 2.06. The van der Waals surface area contributed by atoms with E-state index in [-0.39, 0.29) is 12.5 Å². The monoisotopic (exact) mass is 248 g/mol. The summed E-state index contributed by atoms with van der Waals surface area (Å²) in [6.07, 6.45) is 2.12. The molecule has 0 radical (unpaired) electrons. The van der Waals surface area contributed by atoms with Crippen LogP contribution in [-0.4, -0.2) is 54.4 Å². The summed E-state index contributed by atoms with van der Waals surface area (Å²) < 4.78 is 27.3. The summed E-state index contributed by atoms with van der Waals surface area (Å²) in [6, 6.07) is 0. The lowest BCUT2D eigenvalue weighted by Gasteiger charge is -2.35. The third-order valence-electron chi connectivity index (χ3n) is 3.60. The minimum atomic E-state index is -3.31. The van der Waals surface area contributed by atoms with Crippen LogP contribution in [0.4, 0.5) is 0 Å². The third-order valence-corrected chi connectivity index (χ3v) is 5.60. The van der Waals surface area contributed by atoms with E-state index >= 15 is 0 Å². The highest BCUT2D eigenvalue weighted by Crippen LogP contribution is 2.23. The van der Waals surface area contributed by atoms with Crippen molar-refractivity contribution in [3.63, 3.8) is 0 Å². The summed E-state index contributed by atoms with van der Waals surface area (Å²) in [4.78, 5) is 0. The van der Waals surface area contributed by atoms with Gasteiger partial charge >= 0.3 is 0 Å². The van der Waals surface area contributed by atoms with Crippen LogP contribution in [0, 0.1) is 5.92 Å². The van der Waals surface area contributed by atoms with Gasteiger partial charge in [-0.2, -0.15) is 17.0 Å². The lowest BCUT2D eigenvalue weighted by Crippen LogP contribution is -2.50. The molecular weight excluding hydrogens is 228 g/mol. The van der Waals surface area contributed by atoms with E-state index in [0.717, 1.165) is 19.3 Å². The molecule has 0 bridgehead atoms. The number of aliphatic hydroxyl groups is 1. The molecule has 0 spiro atoms. The molecule has 2 atom stereocenters. The Morgan fingerprint density at radius 1 is 1.12 bits per heavy atom. The van der Waals surface area contributed by atoms with Gasteiger partial charge in [0, 0.05) is 26.2 Å². The van der Waals surface area contributed by atoms with Crippen LogP contribution in [0.25, 0.3) is 0 Å². The largest absolute Gasteiger partial charge is 0.391 e. The van der Waals surface area contributed by atoms with E-state index in [1.54, 1.807) is 0 Å². The molecule has 2 saturated heterocycles. The van der Waals surface area contributed by atoms with Crippen molar-refractivity contribution in [3.8, 4) is 0 Å². The van der Waals surface area contributed by atoms with E-state index in [2.05, 4.69) is 0 Å². The number of hydrogen-bond donors (Lipinski definition) is 1. The molecule has 0 aliphatic carbocycles. The Morgan fingerprint density at radius 2 is 1.75 bits per heavy atom. The molecule has 2 rings (SSSR count). The fourth-order valence-electron chi connectivity index (χ4n) is 2.31. The fraction of sp³-hybridized carbons (Fsp3) is 1.00. The van der Waals surface area contributed by atoms with E-state index in [1.165, 1.54) is 8.61 Å². The van der Waals surface area contributed by atoms with Gasteiger partial charge < -0.3 is 5.11 Å². The van der Waals surface area contributed by atoms with E-state index < -0.39 is 16.3 Å². The highest BCUT2D eigenvalue weighted by molar-refractivity contribution is 7.86. The fourth-order valence-corrected chi connectivity index (χ4v) is 4.04.